The quantitative estimate of drug-likeness (QED) is 0.293. The molecule has 33 heavy (non-hydrogen) atoms. The molecule has 7 nitrogen and oxygen atoms in total. The van der Waals surface area contributed by atoms with Gasteiger partial charge in [-0.1, -0.05) is 17.7 Å². The number of halogens is 1. The topological polar surface area (TPSA) is 83.4 Å². The van der Waals surface area contributed by atoms with E-state index in [9.17, 15) is 9.59 Å². The summed E-state index contributed by atoms with van der Waals surface area (Å²) in [6, 6.07) is 18.2. The van der Waals surface area contributed by atoms with Crippen molar-refractivity contribution in [3.8, 4) is 17.2 Å². The monoisotopic (exact) mass is 463 g/mol. The molecule has 0 aromatic heterocycles. The molecule has 0 amide bonds. The first-order chi connectivity index (χ1) is 16.0. The third kappa shape index (κ3) is 5.05. The molecule has 0 fully saturated rings. The molecule has 0 saturated heterocycles. The van der Waals surface area contributed by atoms with Crippen LogP contribution in [-0.2, 0) is 9.53 Å². The van der Waals surface area contributed by atoms with Crippen molar-refractivity contribution in [2.75, 3.05) is 14.2 Å². The van der Waals surface area contributed by atoms with Gasteiger partial charge < -0.3 is 18.9 Å². The van der Waals surface area contributed by atoms with Crippen molar-refractivity contribution in [1.82, 2.24) is 0 Å². The molecule has 0 bridgehead atoms. The van der Waals surface area contributed by atoms with E-state index < -0.39 is 11.9 Å². The van der Waals surface area contributed by atoms with Crippen LogP contribution in [0, 0.1) is 0 Å². The predicted octanol–water partition coefficient (Wildman–Crippen LogP) is 4.92. The van der Waals surface area contributed by atoms with Crippen LogP contribution in [0.5, 0.6) is 17.2 Å². The van der Waals surface area contributed by atoms with E-state index in [0.29, 0.717) is 33.2 Å². The third-order valence-electron chi connectivity index (χ3n) is 4.73. The van der Waals surface area contributed by atoms with Gasteiger partial charge in [0.1, 0.15) is 5.75 Å². The number of carbonyl (C=O) groups excluding carboxylic acids is 2. The lowest BCUT2D eigenvalue weighted by Gasteiger charge is -2.10. The fraction of sp³-hybridized carbons (Fsp3) is 0.0800. The van der Waals surface area contributed by atoms with Crippen LogP contribution in [0.2, 0.25) is 5.02 Å². The Morgan fingerprint density at radius 3 is 2.33 bits per heavy atom. The van der Waals surface area contributed by atoms with Crippen LogP contribution in [0.25, 0.3) is 6.08 Å². The van der Waals surface area contributed by atoms with Crippen molar-refractivity contribution in [2.24, 2.45) is 4.99 Å². The lowest BCUT2D eigenvalue weighted by atomic mass is 10.1. The van der Waals surface area contributed by atoms with Gasteiger partial charge in [-0.05, 0) is 72.3 Å². The van der Waals surface area contributed by atoms with Gasteiger partial charge in [0.25, 0.3) is 0 Å². The standard InChI is InChI=1S/C25H18ClNO6/c1-30-19-10-6-17(7-11-19)24(28)32-21-12-3-15(14-22(21)31-2)13-20-25(29)33-23(27-20)16-4-8-18(26)9-5-16/h3-14H,1-2H3/b20-13+. The Morgan fingerprint density at radius 2 is 1.67 bits per heavy atom. The molecule has 0 radical (unpaired) electrons. The van der Waals surface area contributed by atoms with Crippen LogP contribution >= 0.6 is 11.6 Å². The van der Waals surface area contributed by atoms with Gasteiger partial charge in [0.05, 0.1) is 19.8 Å². The first-order valence-electron chi connectivity index (χ1n) is 9.79. The van der Waals surface area contributed by atoms with Crippen LogP contribution in [-0.4, -0.2) is 32.1 Å². The summed E-state index contributed by atoms with van der Waals surface area (Å²) in [6.07, 6.45) is 1.56. The molecule has 0 unspecified atom stereocenters. The van der Waals surface area contributed by atoms with E-state index in [-0.39, 0.29) is 17.3 Å². The first-order valence-corrected chi connectivity index (χ1v) is 10.2. The Balaban J connectivity index is 1.54. The molecule has 0 saturated carbocycles. The summed E-state index contributed by atoms with van der Waals surface area (Å²) in [7, 11) is 3.00. The highest BCUT2D eigenvalue weighted by Gasteiger charge is 2.24. The Kier molecular flexibility index (Phi) is 6.42. The number of esters is 2. The van der Waals surface area contributed by atoms with E-state index in [4.69, 9.17) is 30.5 Å². The molecule has 3 aromatic carbocycles. The highest BCUT2D eigenvalue weighted by Crippen LogP contribution is 2.30. The summed E-state index contributed by atoms with van der Waals surface area (Å²) in [5, 5.41) is 0.569. The van der Waals surface area contributed by atoms with Crippen molar-refractivity contribution in [3.05, 3.63) is 94.1 Å². The normalized spacial score (nSPS) is 14.0. The minimum absolute atomic E-state index is 0.130. The number of nitrogens with zero attached hydrogens (tertiary/aromatic N) is 1. The molecule has 0 spiro atoms. The number of aliphatic imine (C=N–C) groups is 1. The predicted molar refractivity (Wildman–Crippen MR) is 123 cm³/mol. The molecular weight excluding hydrogens is 446 g/mol. The molecule has 0 atom stereocenters. The molecule has 4 rings (SSSR count). The summed E-state index contributed by atoms with van der Waals surface area (Å²) in [4.78, 5) is 29.0. The maximum absolute atomic E-state index is 12.5. The lowest BCUT2D eigenvalue weighted by molar-refractivity contribution is -0.129. The van der Waals surface area contributed by atoms with E-state index in [2.05, 4.69) is 4.99 Å². The van der Waals surface area contributed by atoms with Gasteiger partial charge in [0, 0.05) is 10.6 Å². The first kappa shape index (κ1) is 22.1. The largest absolute Gasteiger partial charge is 0.497 e. The SMILES string of the molecule is COc1ccc(C(=O)Oc2ccc(/C=C3/N=C(c4ccc(Cl)cc4)OC3=O)cc2OC)cc1. The lowest BCUT2D eigenvalue weighted by Crippen LogP contribution is -2.09. The van der Waals surface area contributed by atoms with Crippen LogP contribution in [0.15, 0.2) is 77.4 Å². The zero-order valence-electron chi connectivity index (χ0n) is 17.7. The van der Waals surface area contributed by atoms with E-state index >= 15 is 0 Å². The molecule has 1 heterocycles. The second kappa shape index (κ2) is 9.58. The van der Waals surface area contributed by atoms with E-state index in [0.717, 1.165) is 0 Å². The average Bonchev–Trinajstić information content (AvgIpc) is 3.20. The molecule has 0 aliphatic carbocycles. The second-order valence-electron chi connectivity index (χ2n) is 6.87. The van der Waals surface area contributed by atoms with Gasteiger partial charge in [-0.3, -0.25) is 0 Å². The fourth-order valence-corrected chi connectivity index (χ4v) is 3.15. The van der Waals surface area contributed by atoms with E-state index in [1.807, 2.05) is 0 Å². The number of benzene rings is 3. The molecule has 166 valence electrons. The van der Waals surface area contributed by atoms with Crippen LogP contribution < -0.4 is 14.2 Å². The number of hydrogen-bond acceptors (Lipinski definition) is 7. The number of ether oxygens (including phenoxy) is 4. The Bertz CT molecular complexity index is 1260. The summed E-state index contributed by atoms with van der Waals surface area (Å²) < 4.78 is 21.2. The van der Waals surface area contributed by atoms with Crippen molar-refractivity contribution < 1.29 is 28.5 Å². The third-order valence-corrected chi connectivity index (χ3v) is 4.98. The Labute approximate surface area is 194 Å². The Morgan fingerprint density at radius 1 is 0.939 bits per heavy atom. The number of hydrogen-bond donors (Lipinski definition) is 0. The zero-order chi connectivity index (χ0) is 23.4. The number of carbonyl (C=O) groups is 2. The summed E-state index contributed by atoms with van der Waals surface area (Å²) >= 11 is 5.90. The fourth-order valence-electron chi connectivity index (χ4n) is 3.03. The maximum atomic E-state index is 12.5. The van der Waals surface area contributed by atoms with Gasteiger partial charge in [-0.25, -0.2) is 14.6 Å². The smallest absolute Gasteiger partial charge is 0.363 e. The van der Waals surface area contributed by atoms with Gasteiger partial charge in [0.15, 0.2) is 17.2 Å². The summed E-state index contributed by atoms with van der Waals surface area (Å²) in [5.41, 5.74) is 1.74. The number of rotatable bonds is 6. The summed E-state index contributed by atoms with van der Waals surface area (Å²) in [6.45, 7) is 0. The number of methoxy groups -OCH3 is 2. The van der Waals surface area contributed by atoms with Crippen molar-refractivity contribution in [1.29, 1.82) is 0 Å². The van der Waals surface area contributed by atoms with Crippen molar-refractivity contribution in [3.63, 3.8) is 0 Å². The Hall–Kier alpha value is -4.10. The minimum atomic E-state index is -0.575. The van der Waals surface area contributed by atoms with E-state index in [1.54, 1.807) is 79.9 Å². The highest BCUT2D eigenvalue weighted by molar-refractivity contribution is 6.30. The van der Waals surface area contributed by atoms with Gasteiger partial charge in [0.2, 0.25) is 5.90 Å². The van der Waals surface area contributed by atoms with Gasteiger partial charge in [-0.15, -0.1) is 0 Å². The molecule has 3 aromatic rings. The molecular formula is C25H18ClNO6. The zero-order valence-corrected chi connectivity index (χ0v) is 18.5. The van der Waals surface area contributed by atoms with Crippen LogP contribution in [0.3, 0.4) is 0 Å². The van der Waals surface area contributed by atoms with Crippen molar-refractivity contribution in [2.45, 2.75) is 0 Å². The second-order valence-corrected chi connectivity index (χ2v) is 7.31. The maximum Gasteiger partial charge on any atom is 0.363 e. The van der Waals surface area contributed by atoms with Crippen LogP contribution in [0.4, 0.5) is 0 Å². The van der Waals surface area contributed by atoms with Gasteiger partial charge >= 0.3 is 11.9 Å². The van der Waals surface area contributed by atoms with Gasteiger partial charge in [-0.2, -0.15) is 0 Å². The minimum Gasteiger partial charge on any atom is -0.497 e. The summed E-state index contributed by atoms with van der Waals surface area (Å²) in [5.74, 6) is 0.264. The molecule has 1 aliphatic heterocycles. The highest BCUT2D eigenvalue weighted by atomic mass is 35.5. The van der Waals surface area contributed by atoms with E-state index in [1.165, 1.54) is 7.11 Å². The molecule has 1 aliphatic rings. The molecule has 8 heteroatoms. The molecule has 0 N–H and O–H groups in total. The average molecular weight is 464 g/mol. The van der Waals surface area contributed by atoms with Crippen LogP contribution in [0.1, 0.15) is 21.5 Å². The van der Waals surface area contributed by atoms with Crippen molar-refractivity contribution >= 4 is 35.5 Å². The number of cyclic esters (lactones) is 1.